The summed E-state index contributed by atoms with van der Waals surface area (Å²) in [5.74, 6) is -1.44. The molecule has 0 saturated heterocycles. The number of benzene rings is 2. The van der Waals surface area contributed by atoms with Crippen molar-refractivity contribution < 1.29 is 14.3 Å². The van der Waals surface area contributed by atoms with Crippen LogP contribution in [0.2, 0.25) is 0 Å². The standard InChI is InChI=1S/C20H19N3O3/c1-3-26-19(25)16-17(13-10-8-12(2)9-11-13)23-15-7-5-4-6-14(15)21-20(23)22-18(16)24/h4-11,16-17H,3H2,1-2H3,(H,21,22,24)/t16-,17-/m1/s1. The maximum Gasteiger partial charge on any atom is 0.321 e. The van der Waals surface area contributed by atoms with Gasteiger partial charge in [-0.2, -0.15) is 0 Å². The number of fused-ring (bicyclic) bond motifs is 3. The van der Waals surface area contributed by atoms with Crippen molar-refractivity contribution in [2.45, 2.75) is 19.9 Å². The maximum atomic E-state index is 12.7. The molecule has 4 rings (SSSR count). The van der Waals surface area contributed by atoms with Crippen molar-refractivity contribution in [2.75, 3.05) is 11.9 Å². The fourth-order valence-corrected chi connectivity index (χ4v) is 3.47. The molecule has 2 aromatic carbocycles. The van der Waals surface area contributed by atoms with E-state index < -0.39 is 23.8 Å². The third-order valence-electron chi connectivity index (χ3n) is 4.67. The number of hydrogen-bond donors (Lipinski definition) is 1. The van der Waals surface area contributed by atoms with Gasteiger partial charge in [0.25, 0.3) is 0 Å². The number of ether oxygens (including phenoxy) is 1. The third-order valence-corrected chi connectivity index (χ3v) is 4.67. The summed E-state index contributed by atoms with van der Waals surface area (Å²) < 4.78 is 7.12. The molecule has 0 saturated carbocycles. The number of esters is 1. The Labute approximate surface area is 150 Å². The van der Waals surface area contributed by atoms with E-state index in [1.807, 2.05) is 60.0 Å². The molecule has 1 aromatic heterocycles. The lowest BCUT2D eigenvalue weighted by Gasteiger charge is -2.32. The Kier molecular flexibility index (Phi) is 3.95. The van der Waals surface area contributed by atoms with Crippen molar-refractivity contribution in [1.82, 2.24) is 9.55 Å². The third kappa shape index (κ3) is 2.54. The van der Waals surface area contributed by atoms with Gasteiger partial charge in [-0.3, -0.25) is 14.9 Å². The SMILES string of the molecule is CCOC(=O)[C@H]1C(=O)Nc2nc3ccccc3n2[C@@H]1c1ccc(C)cc1. The molecule has 6 heteroatoms. The van der Waals surface area contributed by atoms with Gasteiger partial charge in [0.05, 0.1) is 23.7 Å². The number of nitrogens with one attached hydrogen (secondary N) is 1. The summed E-state index contributed by atoms with van der Waals surface area (Å²) in [6.07, 6.45) is 0. The Morgan fingerprint density at radius 1 is 1.19 bits per heavy atom. The zero-order valence-electron chi connectivity index (χ0n) is 14.6. The Hall–Kier alpha value is -3.15. The Bertz CT molecular complexity index is 991. The van der Waals surface area contributed by atoms with E-state index in [1.54, 1.807) is 6.92 Å². The van der Waals surface area contributed by atoms with Crippen LogP contribution >= 0.6 is 0 Å². The molecule has 1 amide bonds. The number of carbonyl (C=O) groups excluding carboxylic acids is 2. The molecular formula is C20H19N3O3. The number of rotatable bonds is 3. The lowest BCUT2D eigenvalue weighted by atomic mass is 9.90. The number of aryl methyl sites for hydroxylation is 1. The van der Waals surface area contributed by atoms with Gasteiger partial charge >= 0.3 is 5.97 Å². The predicted molar refractivity (Wildman–Crippen MR) is 97.8 cm³/mol. The molecule has 0 bridgehead atoms. The van der Waals surface area contributed by atoms with E-state index >= 15 is 0 Å². The summed E-state index contributed by atoms with van der Waals surface area (Å²) in [5, 5.41) is 2.76. The van der Waals surface area contributed by atoms with Crippen LogP contribution in [-0.2, 0) is 14.3 Å². The number of hydrogen-bond acceptors (Lipinski definition) is 4. The van der Waals surface area contributed by atoms with E-state index in [0.29, 0.717) is 5.95 Å². The number of anilines is 1. The minimum atomic E-state index is -0.970. The molecule has 1 aliphatic heterocycles. The van der Waals surface area contributed by atoms with Crippen LogP contribution in [0.25, 0.3) is 11.0 Å². The topological polar surface area (TPSA) is 73.2 Å². The van der Waals surface area contributed by atoms with Crippen LogP contribution in [0, 0.1) is 12.8 Å². The number of imidazole rings is 1. The second-order valence-electron chi connectivity index (χ2n) is 6.37. The van der Waals surface area contributed by atoms with Gasteiger partial charge < -0.3 is 9.30 Å². The van der Waals surface area contributed by atoms with Crippen LogP contribution in [-0.4, -0.2) is 28.0 Å². The monoisotopic (exact) mass is 349 g/mol. The first-order valence-electron chi connectivity index (χ1n) is 8.61. The number of amides is 1. The Balaban J connectivity index is 1.95. The highest BCUT2D eigenvalue weighted by atomic mass is 16.5. The van der Waals surface area contributed by atoms with Crippen molar-refractivity contribution in [3.05, 3.63) is 59.7 Å². The summed E-state index contributed by atoms with van der Waals surface area (Å²) in [4.78, 5) is 29.9. The van der Waals surface area contributed by atoms with Crippen molar-refractivity contribution in [3.8, 4) is 0 Å². The molecule has 0 radical (unpaired) electrons. The van der Waals surface area contributed by atoms with Gasteiger partial charge in [0.15, 0.2) is 5.92 Å². The Morgan fingerprint density at radius 3 is 2.65 bits per heavy atom. The molecule has 2 heterocycles. The smallest absolute Gasteiger partial charge is 0.321 e. The molecule has 3 aromatic rings. The summed E-state index contributed by atoms with van der Waals surface area (Å²) >= 11 is 0. The number of nitrogens with zero attached hydrogens (tertiary/aromatic N) is 2. The molecule has 0 fully saturated rings. The lowest BCUT2D eigenvalue weighted by Crippen LogP contribution is -2.43. The van der Waals surface area contributed by atoms with Gasteiger partial charge in [0.1, 0.15) is 0 Å². The molecule has 1 N–H and O–H groups in total. The summed E-state index contributed by atoms with van der Waals surface area (Å²) in [6, 6.07) is 15.0. The predicted octanol–water partition coefficient (Wildman–Crippen LogP) is 3.07. The van der Waals surface area contributed by atoms with Gasteiger partial charge in [-0.15, -0.1) is 0 Å². The van der Waals surface area contributed by atoms with Crippen LogP contribution in [0.3, 0.4) is 0 Å². The van der Waals surface area contributed by atoms with E-state index in [-0.39, 0.29) is 6.61 Å². The summed E-state index contributed by atoms with van der Waals surface area (Å²) in [7, 11) is 0. The molecule has 2 atom stereocenters. The number of para-hydroxylation sites is 2. The van der Waals surface area contributed by atoms with Gasteiger partial charge in [-0.25, -0.2) is 4.98 Å². The second-order valence-corrected chi connectivity index (χ2v) is 6.37. The van der Waals surface area contributed by atoms with Crippen molar-refractivity contribution in [1.29, 1.82) is 0 Å². The first kappa shape index (κ1) is 16.3. The highest BCUT2D eigenvalue weighted by Crippen LogP contribution is 2.38. The van der Waals surface area contributed by atoms with Crippen LogP contribution in [0.5, 0.6) is 0 Å². The molecule has 1 aliphatic rings. The van der Waals surface area contributed by atoms with Crippen molar-refractivity contribution >= 4 is 28.9 Å². The van der Waals surface area contributed by atoms with E-state index in [0.717, 1.165) is 22.2 Å². The van der Waals surface area contributed by atoms with E-state index in [4.69, 9.17) is 4.74 Å². The summed E-state index contributed by atoms with van der Waals surface area (Å²) in [6.45, 7) is 3.95. The molecule has 6 nitrogen and oxygen atoms in total. The first-order valence-corrected chi connectivity index (χ1v) is 8.61. The zero-order valence-corrected chi connectivity index (χ0v) is 14.6. The van der Waals surface area contributed by atoms with Gasteiger partial charge in [-0.1, -0.05) is 42.0 Å². The average Bonchev–Trinajstić information content (AvgIpc) is 2.99. The van der Waals surface area contributed by atoms with Crippen LogP contribution in [0.4, 0.5) is 5.95 Å². The van der Waals surface area contributed by atoms with E-state index in [1.165, 1.54) is 0 Å². The zero-order chi connectivity index (χ0) is 18.3. The van der Waals surface area contributed by atoms with Crippen LogP contribution < -0.4 is 5.32 Å². The Morgan fingerprint density at radius 2 is 1.92 bits per heavy atom. The van der Waals surface area contributed by atoms with Crippen LogP contribution in [0.1, 0.15) is 24.1 Å². The molecule has 26 heavy (non-hydrogen) atoms. The molecule has 132 valence electrons. The minimum Gasteiger partial charge on any atom is -0.465 e. The largest absolute Gasteiger partial charge is 0.465 e. The quantitative estimate of drug-likeness (QED) is 0.583. The fourth-order valence-electron chi connectivity index (χ4n) is 3.47. The molecular weight excluding hydrogens is 330 g/mol. The normalized spacial score (nSPS) is 19.1. The fraction of sp³-hybridized carbons (Fsp3) is 0.250. The highest BCUT2D eigenvalue weighted by molar-refractivity contribution is 6.07. The average molecular weight is 349 g/mol. The van der Waals surface area contributed by atoms with Gasteiger partial charge in [-0.05, 0) is 31.5 Å². The summed E-state index contributed by atoms with van der Waals surface area (Å²) in [5.41, 5.74) is 3.61. The first-order chi connectivity index (χ1) is 12.6. The maximum absolute atomic E-state index is 12.7. The molecule has 0 unspecified atom stereocenters. The number of aromatic nitrogens is 2. The van der Waals surface area contributed by atoms with Gasteiger partial charge in [0.2, 0.25) is 11.9 Å². The second kappa shape index (κ2) is 6.29. The number of carbonyl (C=O) groups is 2. The lowest BCUT2D eigenvalue weighted by molar-refractivity contribution is -0.152. The van der Waals surface area contributed by atoms with E-state index in [9.17, 15) is 9.59 Å². The molecule has 0 aliphatic carbocycles. The van der Waals surface area contributed by atoms with Crippen molar-refractivity contribution in [3.63, 3.8) is 0 Å². The molecule has 0 spiro atoms. The van der Waals surface area contributed by atoms with Crippen molar-refractivity contribution in [2.24, 2.45) is 5.92 Å². The highest BCUT2D eigenvalue weighted by Gasteiger charge is 2.44. The minimum absolute atomic E-state index is 0.223. The van der Waals surface area contributed by atoms with Gasteiger partial charge in [0, 0.05) is 0 Å². The van der Waals surface area contributed by atoms with Crippen LogP contribution in [0.15, 0.2) is 48.5 Å². The van der Waals surface area contributed by atoms with E-state index in [2.05, 4.69) is 10.3 Å².